The van der Waals surface area contributed by atoms with Crippen LogP contribution in [-0.4, -0.2) is 48.7 Å². The average Bonchev–Trinajstić information content (AvgIpc) is 3.49. The van der Waals surface area contributed by atoms with E-state index in [1.54, 1.807) is 42.5 Å². The third-order valence-electron chi connectivity index (χ3n) is 7.66. The molecule has 1 aliphatic heterocycles. The largest absolute Gasteiger partial charge is 0.497 e. The Labute approximate surface area is 273 Å². The van der Waals surface area contributed by atoms with Crippen molar-refractivity contribution in [3.8, 4) is 38.8 Å². The molecule has 3 heterocycles. The lowest BCUT2D eigenvalue weighted by molar-refractivity contribution is 0.0691. The Hall–Kier alpha value is -5.72. The highest BCUT2D eigenvalue weighted by molar-refractivity contribution is 7.13. The Balaban J connectivity index is 1.43. The monoisotopic (exact) mass is 650 g/mol. The molecular weight excluding hydrogens is 620 g/mol. The number of amides is 2. The number of methoxy groups -OCH3 is 2. The summed E-state index contributed by atoms with van der Waals surface area (Å²) in [6.45, 7) is 0.770. The number of aromatic nitrogens is 1. The maximum atomic E-state index is 13.9. The normalized spacial score (nSPS) is 11.7. The van der Waals surface area contributed by atoms with E-state index >= 15 is 0 Å². The number of nitrogens with zero attached hydrogens (tertiary/aromatic N) is 1. The van der Waals surface area contributed by atoms with Crippen molar-refractivity contribution in [1.29, 1.82) is 0 Å². The van der Waals surface area contributed by atoms with Crippen LogP contribution in [0.2, 0.25) is 0 Å². The quantitative estimate of drug-likeness (QED) is 0.148. The summed E-state index contributed by atoms with van der Waals surface area (Å²) in [7, 11) is 2.97. The molecule has 6 rings (SSSR count). The van der Waals surface area contributed by atoms with Crippen molar-refractivity contribution in [2.45, 2.75) is 13.0 Å². The van der Waals surface area contributed by atoms with Crippen LogP contribution in [0.5, 0.6) is 17.2 Å². The van der Waals surface area contributed by atoms with Crippen LogP contribution in [0.1, 0.15) is 42.5 Å². The molecule has 0 unspecified atom stereocenters. The number of fused-ring (bicyclic) bond motifs is 3. The van der Waals surface area contributed by atoms with Gasteiger partial charge in [-0.2, -0.15) is 0 Å². The Morgan fingerprint density at radius 3 is 2.28 bits per heavy atom. The number of rotatable bonds is 9. The van der Waals surface area contributed by atoms with Gasteiger partial charge in [-0.05, 0) is 59.0 Å². The van der Waals surface area contributed by atoms with E-state index in [1.165, 1.54) is 37.7 Å². The van der Waals surface area contributed by atoms with Gasteiger partial charge >= 0.3 is 5.97 Å². The lowest BCUT2D eigenvalue weighted by Gasteiger charge is -2.17. The molecule has 0 aliphatic carbocycles. The summed E-state index contributed by atoms with van der Waals surface area (Å²) in [6.07, 6.45) is 0.683. The third-order valence-corrected chi connectivity index (χ3v) is 8.65. The van der Waals surface area contributed by atoms with Gasteiger partial charge in [0.15, 0.2) is 5.69 Å². The maximum absolute atomic E-state index is 13.9. The summed E-state index contributed by atoms with van der Waals surface area (Å²) < 4.78 is 16.6. The van der Waals surface area contributed by atoms with Crippen molar-refractivity contribution >= 4 is 40.5 Å². The molecule has 2 aromatic heterocycles. The molecule has 2 amide bonds. The van der Waals surface area contributed by atoms with Crippen molar-refractivity contribution in [3.63, 3.8) is 0 Å². The first-order valence-corrected chi connectivity index (χ1v) is 15.4. The Morgan fingerprint density at radius 2 is 1.60 bits per heavy atom. The number of hydrogen-bond acceptors (Lipinski definition) is 9. The van der Waals surface area contributed by atoms with E-state index in [0.717, 1.165) is 21.6 Å². The van der Waals surface area contributed by atoms with E-state index in [0.29, 0.717) is 48.2 Å². The van der Waals surface area contributed by atoms with Crippen molar-refractivity contribution in [2.24, 2.45) is 5.73 Å². The second-order valence-corrected chi connectivity index (χ2v) is 11.5. The van der Waals surface area contributed by atoms with E-state index in [9.17, 15) is 19.5 Å². The predicted octanol–water partition coefficient (Wildman–Crippen LogP) is 6.09. The van der Waals surface area contributed by atoms with Crippen LogP contribution in [0.4, 0.5) is 11.4 Å². The molecule has 0 fully saturated rings. The third kappa shape index (κ3) is 6.50. The summed E-state index contributed by atoms with van der Waals surface area (Å²) in [5, 5.41) is 17.9. The molecule has 11 nitrogen and oxygen atoms in total. The van der Waals surface area contributed by atoms with Gasteiger partial charge in [-0.15, -0.1) is 11.3 Å². The number of ether oxygens (including phenoxy) is 3. The maximum Gasteiger partial charge on any atom is 0.355 e. The zero-order valence-electron chi connectivity index (χ0n) is 25.5. The first-order chi connectivity index (χ1) is 22.8. The first kappa shape index (κ1) is 31.3. The van der Waals surface area contributed by atoms with E-state index in [2.05, 4.69) is 15.6 Å². The number of benzene rings is 3. The molecule has 0 saturated carbocycles. The van der Waals surface area contributed by atoms with E-state index in [4.69, 9.17) is 19.9 Å². The van der Waals surface area contributed by atoms with Crippen LogP contribution in [0.15, 0.2) is 78.2 Å². The fourth-order valence-electron chi connectivity index (χ4n) is 5.29. The fraction of sp³-hybridized carbons (Fsp3) is 0.143. The number of pyridine rings is 1. The number of carboxylic acid groups (broad SMARTS) is 1. The molecule has 0 saturated heterocycles. The second kappa shape index (κ2) is 13.3. The van der Waals surface area contributed by atoms with Gasteiger partial charge in [0.25, 0.3) is 11.8 Å². The molecule has 3 aromatic carbocycles. The highest BCUT2D eigenvalue weighted by atomic mass is 32.1. The molecule has 1 aliphatic rings. The number of aromatic carboxylic acids is 1. The van der Waals surface area contributed by atoms with Gasteiger partial charge in [-0.3, -0.25) is 9.59 Å². The number of thiophene rings is 1. The second-order valence-electron chi connectivity index (χ2n) is 10.6. The van der Waals surface area contributed by atoms with Crippen molar-refractivity contribution in [3.05, 3.63) is 106 Å². The van der Waals surface area contributed by atoms with Crippen molar-refractivity contribution in [1.82, 2.24) is 4.98 Å². The van der Waals surface area contributed by atoms with Gasteiger partial charge < -0.3 is 35.7 Å². The highest BCUT2D eigenvalue weighted by Crippen LogP contribution is 2.43. The van der Waals surface area contributed by atoms with Gasteiger partial charge in [0.2, 0.25) is 0 Å². The van der Waals surface area contributed by atoms with Gasteiger partial charge in [0, 0.05) is 69.7 Å². The van der Waals surface area contributed by atoms with Gasteiger partial charge in [-0.25, -0.2) is 9.78 Å². The van der Waals surface area contributed by atoms with Crippen LogP contribution in [0.25, 0.3) is 21.6 Å². The zero-order valence-corrected chi connectivity index (χ0v) is 26.3. The van der Waals surface area contributed by atoms with Gasteiger partial charge in [0.1, 0.15) is 22.9 Å². The van der Waals surface area contributed by atoms with Crippen molar-refractivity contribution < 1.29 is 33.7 Å². The number of carboxylic acids is 1. The molecule has 12 heteroatoms. The van der Waals surface area contributed by atoms with Crippen LogP contribution in [0.3, 0.4) is 0 Å². The fourth-order valence-corrected chi connectivity index (χ4v) is 6.27. The molecule has 0 atom stereocenters. The topological polar surface area (TPSA) is 162 Å². The number of carbonyl (C=O) groups excluding carboxylic acids is 2. The molecule has 238 valence electrons. The Kier molecular flexibility index (Phi) is 8.87. The Morgan fingerprint density at radius 1 is 0.872 bits per heavy atom. The standard InChI is InChI=1S/C35H30N4O7S/c1-44-23-13-22(14-24(15-23)45-2)38-34(41)29-8-7-25(31(39-29)35(42)43)26-17-30-28(32-20(9-11-46-30)10-12-47-32)16-27(26)33(40)37-21-5-3-19(18-36)4-6-21/h3-8,10,12-17H,9,11,18,36H2,1-2H3,(H,37,40)(H,38,41)(H,42,43). The van der Waals surface area contributed by atoms with Gasteiger partial charge in [-0.1, -0.05) is 12.1 Å². The minimum absolute atomic E-state index is 0.141. The smallest absolute Gasteiger partial charge is 0.355 e. The summed E-state index contributed by atoms with van der Waals surface area (Å²) in [5.74, 6) is -1.07. The molecule has 0 spiro atoms. The Bertz CT molecular complexity index is 1980. The minimum Gasteiger partial charge on any atom is -0.497 e. The number of carbonyl (C=O) groups is 3. The van der Waals surface area contributed by atoms with Crippen LogP contribution in [0, 0.1) is 0 Å². The lowest BCUT2D eigenvalue weighted by atomic mass is 9.93. The lowest BCUT2D eigenvalue weighted by Crippen LogP contribution is -2.18. The van der Waals surface area contributed by atoms with E-state index < -0.39 is 23.5 Å². The van der Waals surface area contributed by atoms with Crippen LogP contribution in [-0.2, 0) is 13.0 Å². The number of hydrogen-bond donors (Lipinski definition) is 4. The summed E-state index contributed by atoms with van der Waals surface area (Å²) in [5.41, 5.74) is 9.45. The van der Waals surface area contributed by atoms with Crippen LogP contribution < -0.4 is 30.6 Å². The molecule has 5 aromatic rings. The molecule has 47 heavy (non-hydrogen) atoms. The summed E-state index contributed by atoms with van der Waals surface area (Å²) in [4.78, 5) is 45.0. The number of nitrogens with one attached hydrogen (secondary N) is 2. The molecular formula is C35H30N4O7S. The predicted molar refractivity (Wildman–Crippen MR) is 179 cm³/mol. The van der Waals surface area contributed by atoms with Crippen LogP contribution >= 0.6 is 11.3 Å². The van der Waals surface area contributed by atoms with E-state index in [-0.39, 0.29) is 22.4 Å². The minimum atomic E-state index is -1.38. The summed E-state index contributed by atoms with van der Waals surface area (Å²) in [6, 6.07) is 20.3. The van der Waals surface area contributed by atoms with Crippen molar-refractivity contribution in [2.75, 3.05) is 31.5 Å². The number of nitrogens with two attached hydrogens (primary N) is 1. The summed E-state index contributed by atoms with van der Waals surface area (Å²) >= 11 is 1.54. The average molecular weight is 651 g/mol. The zero-order chi connectivity index (χ0) is 33.1. The van der Waals surface area contributed by atoms with Gasteiger partial charge in [0.05, 0.1) is 20.8 Å². The SMILES string of the molecule is COc1cc(NC(=O)c2ccc(-c3cc4c(cc3C(=O)Nc3ccc(CN)cc3)-c3sccc3CCO4)c(C(=O)O)n2)cc(OC)c1. The molecule has 0 bridgehead atoms. The van der Waals surface area contributed by atoms with E-state index in [1.807, 2.05) is 23.6 Å². The molecule has 0 radical (unpaired) electrons. The molecule has 5 N–H and O–H groups in total. The number of anilines is 2. The first-order valence-electron chi connectivity index (χ1n) is 14.5. The highest BCUT2D eigenvalue weighted by Gasteiger charge is 2.26.